The molecule has 4 heteroatoms. The maximum Gasteiger partial charge on any atom is 0.191 e. The molecule has 0 aliphatic carbocycles. The van der Waals surface area contributed by atoms with Gasteiger partial charge in [-0.05, 0) is 45.7 Å². The number of aliphatic imine (C=N–C) groups is 1. The molecule has 4 nitrogen and oxygen atoms in total. The number of piperidine rings is 1. The summed E-state index contributed by atoms with van der Waals surface area (Å²) in [5.41, 5.74) is 0. The lowest BCUT2D eigenvalue weighted by molar-refractivity contribution is 0.186. The highest BCUT2D eigenvalue weighted by atomic mass is 15.2. The maximum absolute atomic E-state index is 4.66. The average Bonchev–Trinajstić information content (AvgIpc) is 2.37. The van der Waals surface area contributed by atoms with Crippen LogP contribution in [0.25, 0.3) is 0 Å². The Hall–Kier alpha value is -0.770. The Balaban J connectivity index is 2.37. The van der Waals surface area contributed by atoms with Gasteiger partial charge in [0.2, 0.25) is 0 Å². The lowest BCUT2D eigenvalue weighted by Crippen LogP contribution is -2.39. The van der Waals surface area contributed by atoms with Crippen LogP contribution in [0.4, 0.5) is 0 Å². The number of nitrogens with zero attached hydrogens (tertiary/aromatic N) is 2. The van der Waals surface area contributed by atoms with Gasteiger partial charge in [-0.3, -0.25) is 4.99 Å². The van der Waals surface area contributed by atoms with Gasteiger partial charge in [0.25, 0.3) is 0 Å². The Kier molecular flexibility index (Phi) is 7.01. The van der Waals surface area contributed by atoms with Crippen molar-refractivity contribution in [1.29, 1.82) is 0 Å². The molecule has 1 aliphatic heterocycles. The number of rotatable bonds is 5. The van der Waals surface area contributed by atoms with Crippen LogP contribution >= 0.6 is 0 Å². The van der Waals surface area contributed by atoms with E-state index in [0.29, 0.717) is 0 Å². The first-order valence-electron chi connectivity index (χ1n) is 7.04. The topological polar surface area (TPSA) is 39.7 Å². The van der Waals surface area contributed by atoms with Gasteiger partial charge in [0.05, 0.1) is 0 Å². The standard InChI is InChI=1S/C13H28N4/c1-4-14-13(15-5-2)16-10-12-8-7-9-17(6-3)11-12/h12H,4-11H2,1-3H3,(H2,14,15,16). The van der Waals surface area contributed by atoms with Crippen molar-refractivity contribution in [2.24, 2.45) is 10.9 Å². The van der Waals surface area contributed by atoms with Gasteiger partial charge in [-0.1, -0.05) is 6.92 Å². The van der Waals surface area contributed by atoms with Crippen molar-refractivity contribution in [2.75, 3.05) is 39.3 Å². The summed E-state index contributed by atoms with van der Waals surface area (Å²) in [6.07, 6.45) is 2.65. The number of guanidine groups is 1. The van der Waals surface area contributed by atoms with Crippen LogP contribution in [0.2, 0.25) is 0 Å². The zero-order valence-electron chi connectivity index (χ0n) is 11.6. The van der Waals surface area contributed by atoms with E-state index in [-0.39, 0.29) is 0 Å². The van der Waals surface area contributed by atoms with Crippen LogP contribution in [0.15, 0.2) is 4.99 Å². The molecule has 1 unspecified atom stereocenters. The minimum Gasteiger partial charge on any atom is -0.357 e. The lowest BCUT2D eigenvalue weighted by atomic mass is 9.98. The molecule has 1 heterocycles. The summed E-state index contributed by atoms with van der Waals surface area (Å²) < 4.78 is 0. The van der Waals surface area contributed by atoms with Crippen LogP contribution in [-0.2, 0) is 0 Å². The van der Waals surface area contributed by atoms with Gasteiger partial charge >= 0.3 is 0 Å². The summed E-state index contributed by atoms with van der Waals surface area (Å²) in [6, 6.07) is 0. The minimum absolute atomic E-state index is 0.732. The molecule has 100 valence electrons. The van der Waals surface area contributed by atoms with E-state index in [2.05, 4.69) is 41.3 Å². The van der Waals surface area contributed by atoms with E-state index >= 15 is 0 Å². The Morgan fingerprint density at radius 2 is 1.94 bits per heavy atom. The molecule has 0 amide bonds. The average molecular weight is 240 g/mol. The van der Waals surface area contributed by atoms with E-state index in [1.807, 2.05) is 0 Å². The van der Waals surface area contributed by atoms with Crippen molar-refractivity contribution in [1.82, 2.24) is 15.5 Å². The normalized spacial score (nSPS) is 21.0. The molecule has 0 spiro atoms. The first-order chi connectivity index (χ1) is 8.30. The molecule has 2 N–H and O–H groups in total. The Bertz CT molecular complexity index is 219. The minimum atomic E-state index is 0.732. The van der Waals surface area contributed by atoms with Gasteiger partial charge < -0.3 is 15.5 Å². The predicted octanol–water partition coefficient (Wildman–Crippen LogP) is 1.29. The molecule has 0 bridgehead atoms. The Morgan fingerprint density at radius 1 is 1.24 bits per heavy atom. The lowest BCUT2D eigenvalue weighted by Gasteiger charge is -2.31. The third kappa shape index (κ3) is 5.39. The van der Waals surface area contributed by atoms with Gasteiger partial charge in [-0.2, -0.15) is 0 Å². The second-order valence-corrected chi connectivity index (χ2v) is 4.65. The number of hydrogen-bond donors (Lipinski definition) is 2. The van der Waals surface area contributed by atoms with E-state index in [0.717, 1.165) is 31.5 Å². The van der Waals surface area contributed by atoms with Crippen molar-refractivity contribution in [2.45, 2.75) is 33.6 Å². The van der Waals surface area contributed by atoms with Crippen LogP contribution < -0.4 is 10.6 Å². The molecule has 0 aromatic carbocycles. The molecule has 1 fully saturated rings. The van der Waals surface area contributed by atoms with Crippen molar-refractivity contribution < 1.29 is 0 Å². The van der Waals surface area contributed by atoms with E-state index < -0.39 is 0 Å². The smallest absolute Gasteiger partial charge is 0.191 e. The van der Waals surface area contributed by atoms with Crippen LogP contribution in [0.1, 0.15) is 33.6 Å². The van der Waals surface area contributed by atoms with Crippen LogP contribution in [-0.4, -0.2) is 50.1 Å². The van der Waals surface area contributed by atoms with Crippen LogP contribution in [0, 0.1) is 5.92 Å². The summed E-state index contributed by atoms with van der Waals surface area (Å²) >= 11 is 0. The van der Waals surface area contributed by atoms with E-state index in [4.69, 9.17) is 0 Å². The monoisotopic (exact) mass is 240 g/mol. The second-order valence-electron chi connectivity index (χ2n) is 4.65. The molecule has 17 heavy (non-hydrogen) atoms. The first kappa shape index (κ1) is 14.3. The first-order valence-corrected chi connectivity index (χ1v) is 7.04. The molecule has 1 atom stereocenters. The summed E-state index contributed by atoms with van der Waals surface area (Å²) in [5.74, 6) is 1.69. The van der Waals surface area contributed by atoms with Gasteiger partial charge in [0.1, 0.15) is 0 Å². The van der Waals surface area contributed by atoms with Crippen molar-refractivity contribution >= 4 is 5.96 Å². The number of nitrogens with one attached hydrogen (secondary N) is 2. The van der Waals surface area contributed by atoms with E-state index in [9.17, 15) is 0 Å². The fraction of sp³-hybridized carbons (Fsp3) is 0.923. The Labute approximate surface area is 106 Å². The maximum atomic E-state index is 4.66. The SMILES string of the molecule is CCNC(=NCC1CCCN(CC)C1)NCC. The van der Waals surface area contributed by atoms with Crippen LogP contribution in [0.5, 0.6) is 0 Å². The summed E-state index contributed by atoms with van der Waals surface area (Å²) in [7, 11) is 0. The quantitative estimate of drug-likeness (QED) is 0.562. The molecule has 0 saturated carbocycles. The summed E-state index contributed by atoms with van der Waals surface area (Å²) in [4.78, 5) is 7.19. The molecular formula is C13H28N4. The molecule has 1 saturated heterocycles. The molecule has 0 aromatic heterocycles. The molecule has 1 aliphatic rings. The third-order valence-electron chi connectivity index (χ3n) is 3.25. The highest BCUT2D eigenvalue weighted by Crippen LogP contribution is 2.16. The van der Waals surface area contributed by atoms with Crippen LogP contribution in [0.3, 0.4) is 0 Å². The molecular weight excluding hydrogens is 212 g/mol. The highest BCUT2D eigenvalue weighted by molar-refractivity contribution is 5.79. The Morgan fingerprint density at radius 3 is 2.53 bits per heavy atom. The molecule has 0 radical (unpaired) electrons. The number of likely N-dealkylation sites (tertiary alicyclic amines) is 1. The predicted molar refractivity (Wildman–Crippen MR) is 74.5 cm³/mol. The summed E-state index contributed by atoms with van der Waals surface area (Å²) in [6.45, 7) is 12.9. The highest BCUT2D eigenvalue weighted by Gasteiger charge is 2.18. The molecule has 1 rings (SSSR count). The molecule has 0 aromatic rings. The van der Waals surface area contributed by atoms with E-state index in [1.54, 1.807) is 0 Å². The second kappa shape index (κ2) is 8.34. The fourth-order valence-electron chi connectivity index (χ4n) is 2.32. The van der Waals surface area contributed by atoms with E-state index in [1.165, 1.54) is 32.5 Å². The zero-order valence-corrected chi connectivity index (χ0v) is 11.6. The van der Waals surface area contributed by atoms with Gasteiger partial charge in [0, 0.05) is 26.2 Å². The number of hydrogen-bond acceptors (Lipinski definition) is 2. The van der Waals surface area contributed by atoms with Crippen molar-refractivity contribution in [3.63, 3.8) is 0 Å². The third-order valence-corrected chi connectivity index (χ3v) is 3.25. The van der Waals surface area contributed by atoms with Gasteiger partial charge in [-0.15, -0.1) is 0 Å². The van der Waals surface area contributed by atoms with Crippen molar-refractivity contribution in [3.8, 4) is 0 Å². The van der Waals surface area contributed by atoms with Crippen molar-refractivity contribution in [3.05, 3.63) is 0 Å². The zero-order chi connectivity index (χ0) is 12.5. The summed E-state index contributed by atoms with van der Waals surface area (Å²) in [5, 5.41) is 6.55. The van der Waals surface area contributed by atoms with Gasteiger partial charge in [-0.25, -0.2) is 0 Å². The largest absolute Gasteiger partial charge is 0.357 e. The fourth-order valence-corrected chi connectivity index (χ4v) is 2.32. The van der Waals surface area contributed by atoms with Gasteiger partial charge in [0.15, 0.2) is 5.96 Å².